The third-order valence-electron chi connectivity index (χ3n) is 3.29. The van der Waals surface area contributed by atoms with Gasteiger partial charge in [0.2, 0.25) is 10.0 Å². The number of pyridine rings is 1. The Kier molecular flexibility index (Phi) is 4.90. The van der Waals surface area contributed by atoms with Gasteiger partial charge in [-0.15, -0.1) is 0 Å². The lowest BCUT2D eigenvalue weighted by molar-refractivity contribution is 0.399. The van der Waals surface area contributed by atoms with Gasteiger partial charge in [-0.3, -0.25) is 4.98 Å². The lowest BCUT2D eigenvalue weighted by Crippen LogP contribution is -2.37. The summed E-state index contributed by atoms with van der Waals surface area (Å²) >= 11 is 0. The van der Waals surface area contributed by atoms with Crippen molar-refractivity contribution in [2.24, 2.45) is 5.73 Å². The van der Waals surface area contributed by atoms with Gasteiger partial charge in [-0.1, -0.05) is 0 Å². The van der Waals surface area contributed by atoms with Crippen LogP contribution in [0.25, 0.3) is 0 Å². The number of aromatic nitrogens is 1. The molecule has 5 nitrogen and oxygen atoms in total. The van der Waals surface area contributed by atoms with Crippen LogP contribution in [0.4, 0.5) is 0 Å². The zero-order valence-corrected chi connectivity index (χ0v) is 11.8. The van der Waals surface area contributed by atoms with Gasteiger partial charge in [0.05, 0.1) is 5.75 Å². The summed E-state index contributed by atoms with van der Waals surface area (Å²) in [6, 6.07) is 3.93. The van der Waals surface area contributed by atoms with Crippen molar-refractivity contribution in [2.45, 2.75) is 31.7 Å². The lowest BCUT2D eigenvalue weighted by Gasteiger charge is -2.21. The molecular formula is C13H21N3O2S. The van der Waals surface area contributed by atoms with Gasteiger partial charge in [-0.25, -0.2) is 8.42 Å². The van der Waals surface area contributed by atoms with Crippen molar-refractivity contribution in [2.75, 3.05) is 18.8 Å². The molecular weight excluding hydrogens is 262 g/mol. The van der Waals surface area contributed by atoms with E-state index in [1.54, 1.807) is 16.7 Å². The molecule has 0 spiro atoms. The van der Waals surface area contributed by atoms with E-state index in [0.717, 1.165) is 24.8 Å². The topological polar surface area (TPSA) is 76.3 Å². The summed E-state index contributed by atoms with van der Waals surface area (Å²) in [4.78, 5) is 3.93. The number of hydrogen-bond donors (Lipinski definition) is 1. The molecule has 0 unspecified atom stereocenters. The molecule has 1 fully saturated rings. The molecule has 0 radical (unpaired) electrons. The summed E-state index contributed by atoms with van der Waals surface area (Å²) in [5.41, 5.74) is 6.48. The minimum atomic E-state index is -3.17. The van der Waals surface area contributed by atoms with E-state index in [9.17, 15) is 8.42 Å². The molecule has 0 saturated heterocycles. The van der Waals surface area contributed by atoms with Gasteiger partial charge in [-0.2, -0.15) is 4.31 Å². The minimum absolute atomic E-state index is 0.165. The van der Waals surface area contributed by atoms with Crippen LogP contribution in [0.2, 0.25) is 0 Å². The number of nitrogens with zero attached hydrogens (tertiary/aromatic N) is 2. The molecule has 0 bridgehead atoms. The lowest BCUT2D eigenvalue weighted by atomic mass is 10.2. The zero-order chi connectivity index (χ0) is 13.7. The standard InChI is InChI=1S/C13H21N3O2S/c14-7-1-10-16(13-2-3-13)19(17,18)11-6-12-4-8-15-9-5-12/h4-5,8-9,13H,1-3,6-7,10-11,14H2. The highest BCUT2D eigenvalue weighted by Gasteiger charge is 2.36. The number of rotatable bonds is 8. The Bertz CT molecular complexity index is 486. The highest BCUT2D eigenvalue weighted by molar-refractivity contribution is 7.89. The number of aryl methyl sites for hydroxylation is 1. The Labute approximate surface area is 114 Å². The summed E-state index contributed by atoms with van der Waals surface area (Å²) in [5, 5.41) is 0. The first-order chi connectivity index (χ1) is 9.13. The third kappa shape index (κ3) is 4.26. The van der Waals surface area contributed by atoms with E-state index in [4.69, 9.17) is 5.73 Å². The van der Waals surface area contributed by atoms with Crippen molar-refractivity contribution in [1.29, 1.82) is 0 Å². The largest absolute Gasteiger partial charge is 0.330 e. The summed E-state index contributed by atoms with van der Waals surface area (Å²) in [6.07, 6.45) is 6.61. The molecule has 2 rings (SSSR count). The molecule has 1 aliphatic rings. The molecule has 6 heteroatoms. The first-order valence-corrected chi connectivity index (χ1v) is 8.33. The van der Waals surface area contributed by atoms with Crippen molar-refractivity contribution in [3.8, 4) is 0 Å². The second-order valence-electron chi connectivity index (χ2n) is 4.91. The van der Waals surface area contributed by atoms with Crippen molar-refractivity contribution in [3.63, 3.8) is 0 Å². The van der Waals surface area contributed by atoms with Crippen LogP contribution >= 0.6 is 0 Å². The maximum Gasteiger partial charge on any atom is 0.214 e. The summed E-state index contributed by atoms with van der Waals surface area (Å²) in [6.45, 7) is 1.09. The monoisotopic (exact) mass is 283 g/mol. The number of hydrogen-bond acceptors (Lipinski definition) is 4. The molecule has 1 heterocycles. The Morgan fingerprint density at radius 3 is 2.58 bits per heavy atom. The van der Waals surface area contributed by atoms with Gasteiger partial charge in [-0.05, 0) is 49.9 Å². The highest BCUT2D eigenvalue weighted by Crippen LogP contribution is 2.29. The van der Waals surface area contributed by atoms with Crippen molar-refractivity contribution < 1.29 is 8.42 Å². The quantitative estimate of drug-likeness (QED) is 0.764. The smallest absolute Gasteiger partial charge is 0.214 e. The van der Waals surface area contributed by atoms with E-state index in [-0.39, 0.29) is 11.8 Å². The summed E-state index contributed by atoms with van der Waals surface area (Å²) in [5.74, 6) is 0.165. The van der Waals surface area contributed by atoms with Crippen LogP contribution in [0.3, 0.4) is 0 Å². The highest BCUT2D eigenvalue weighted by atomic mass is 32.2. The Hall–Kier alpha value is -0.980. The SMILES string of the molecule is NCCCN(C1CC1)S(=O)(=O)CCc1ccncc1. The maximum absolute atomic E-state index is 12.4. The van der Waals surface area contributed by atoms with Crippen LogP contribution in [0.5, 0.6) is 0 Å². The summed E-state index contributed by atoms with van der Waals surface area (Å²) in [7, 11) is -3.17. The minimum Gasteiger partial charge on any atom is -0.330 e. The van der Waals surface area contributed by atoms with Gasteiger partial charge >= 0.3 is 0 Å². The second-order valence-corrected chi connectivity index (χ2v) is 6.95. The average Bonchev–Trinajstić information content (AvgIpc) is 3.23. The van der Waals surface area contributed by atoms with Gasteiger partial charge in [0.15, 0.2) is 0 Å². The van der Waals surface area contributed by atoms with Gasteiger partial charge in [0.25, 0.3) is 0 Å². The van der Waals surface area contributed by atoms with E-state index in [1.807, 2.05) is 12.1 Å². The fourth-order valence-electron chi connectivity index (χ4n) is 2.07. The Morgan fingerprint density at radius 2 is 2.00 bits per heavy atom. The average molecular weight is 283 g/mol. The Balaban J connectivity index is 1.95. The van der Waals surface area contributed by atoms with Gasteiger partial charge < -0.3 is 5.73 Å². The molecule has 1 aromatic heterocycles. The van der Waals surface area contributed by atoms with Crippen LogP contribution in [0, 0.1) is 0 Å². The van der Waals surface area contributed by atoms with Crippen molar-refractivity contribution >= 4 is 10.0 Å². The van der Waals surface area contributed by atoms with Crippen molar-refractivity contribution in [1.82, 2.24) is 9.29 Å². The first kappa shape index (κ1) is 14.4. The normalized spacial score (nSPS) is 15.9. The van der Waals surface area contributed by atoms with Gasteiger partial charge in [0, 0.05) is 25.0 Å². The number of nitrogens with two attached hydrogens (primary N) is 1. The number of sulfonamides is 1. The van der Waals surface area contributed by atoms with Gasteiger partial charge in [0.1, 0.15) is 0 Å². The molecule has 106 valence electrons. The summed E-state index contributed by atoms with van der Waals surface area (Å²) < 4.78 is 26.4. The second kappa shape index (κ2) is 6.45. The van der Waals surface area contributed by atoms with Crippen LogP contribution < -0.4 is 5.73 Å². The van der Waals surface area contributed by atoms with E-state index in [0.29, 0.717) is 19.5 Å². The molecule has 0 aliphatic heterocycles. The van der Waals surface area contributed by atoms with Crippen LogP contribution in [0.1, 0.15) is 24.8 Å². The van der Waals surface area contributed by atoms with E-state index in [2.05, 4.69) is 4.98 Å². The van der Waals surface area contributed by atoms with Crippen LogP contribution in [0.15, 0.2) is 24.5 Å². The zero-order valence-electron chi connectivity index (χ0n) is 11.0. The fourth-order valence-corrected chi connectivity index (χ4v) is 3.87. The molecule has 1 saturated carbocycles. The van der Waals surface area contributed by atoms with E-state index in [1.165, 1.54) is 0 Å². The molecule has 2 N–H and O–H groups in total. The predicted molar refractivity (Wildman–Crippen MR) is 75.1 cm³/mol. The maximum atomic E-state index is 12.4. The molecule has 1 aliphatic carbocycles. The van der Waals surface area contributed by atoms with Crippen molar-refractivity contribution in [3.05, 3.63) is 30.1 Å². The first-order valence-electron chi connectivity index (χ1n) is 6.72. The molecule has 0 amide bonds. The van der Waals surface area contributed by atoms with E-state index >= 15 is 0 Å². The molecule has 0 atom stereocenters. The predicted octanol–water partition coefficient (Wildman–Crippen LogP) is 0.767. The molecule has 1 aromatic rings. The Morgan fingerprint density at radius 1 is 1.32 bits per heavy atom. The molecule has 0 aromatic carbocycles. The van der Waals surface area contributed by atoms with Crippen LogP contribution in [-0.2, 0) is 16.4 Å². The third-order valence-corrected chi connectivity index (χ3v) is 5.21. The fraction of sp³-hybridized carbons (Fsp3) is 0.615. The van der Waals surface area contributed by atoms with Crippen LogP contribution in [-0.4, -0.2) is 42.6 Å². The molecule has 19 heavy (non-hydrogen) atoms. The van der Waals surface area contributed by atoms with E-state index < -0.39 is 10.0 Å².